The molecule has 0 spiro atoms. The molecule has 2 unspecified atom stereocenters. The highest BCUT2D eigenvalue weighted by Gasteiger charge is 2.58. The van der Waals surface area contributed by atoms with E-state index in [9.17, 15) is 14.4 Å². The molecule has 8 heteroatoms. The summed E-state index contributed by atoms with van der Waals surface area (Å²) in [7, 11) is 1.53. The van der Waals surface area contributed by atoms with Crippen molar-refractivity contribution in [2.75, 3.05) is 17.0 Å². The van der Waals surface area contributed by atoms with Gasteiger partial charge in [-0.1, -0.05) is 11.6 Å². The molecule has 2 amide bonds. The van der Waals surface area contributed by atoms with E-state index in [0.717, 1.165) is 4.90 Å². The summed E-state index contributed by atoms with van der Waals surface area (Å²) in [5.74, 6) is -1.58. The Hall–Kier alpha value is -3.19. The number of carbonyl (C=O) groups excluding carboxylic acids is 3. The van der Waals surface area contributed by atoms with E-state index in [-0.39, 0.29) is 11.5 Å². The number of hydrogen-bond acceptors (Lipinski definition) is 6. The fourth-order valence-electron chi connectivity index (χ4n) is 3.50. The summed E-state index contributed by atoms with van der Waals surface area (Å²) in [6.45, 7) is 1.34. The summed E-state index contributed by atoms with van der Waals surface area (Å²) in [6.07, 6.45) is 0. The highest BCUT2D eigenvalue weighted by Crippen LogP contribution is 2.38. The van der Waals surface area contributed by atoms with Crippen LogP contribution in [0.3, 0.4) is 0 Å². The third-order valence-electron chi connectivity index (χ3n) is 4.83. The lowest BCUT2D eigenvalue weighted by atomic mass is 9.95. The molecule has 0 aromatic heterocycles. The number of imide groups is 1. The topological polar surface area (TPSA) is 79.3 Å². The van der Waals surface area contributed by atoms with Gasteiger partial charge in [0.1, 0.15) is 23.4 Å². The summed E-state index contributed by atoms with van der Waals surface area (Å²) in [5.41, 5.74) is 1.08. The van der Waals surface area contributed by atoms with Gasteiger partial charge in [0.2, 0.25) is 5.91 Å². The molecule has 28 heavy (non-hydrogen) atoms. The molecular weight excluding hydrogens is 382 g/mol. The Morgan fingerprint density at radius 3 is 2.18 bits per heavy atom. The van der Waals surface area contributed by atoms with Crippen LogP contribution in [0.25, 0.3) is 0 Å². The van der Waals surface area contributed by atoms with E-state index in [4.69, 9.17) is 16.3 Å². The van der Waals surface area contributed by atoms with Crippen LogP contribution in [-0.4, -0.2) is 36.5 Å². The average Bonchev–Trinajstić information content (AvgIpc) is 3.20. The first kappa shape index (κ1) is 18.2. The van der Waals surface area contributed by atoms with Gasteiger partial charge in [0.15, 0.2) is 5.78 Å². The fourth-order valence-corrected chi connectivity index (χ4v) is 3.62. The van der Waals surface area contributed by atoms with Crippen molar-refractivity contribution in [2.24, 2.45) is 11.0 Å². The predicted molar refractivity (Wildman–Crippen MR) is 105 cm³/mol. The zero-order valence-corrected chi connectivity index (χ0v) is 15.9. The number of hydrazone groups is 1. The van der Waals surface area contributed by atoms with Crippen molar-refractivity contribution in [3.05, 3.63) is 53.6 Å². The van der Waals surface area contributed by atoms with E-state index in [1.807, 2.05) is 0 Å². The van der Waals surface area contributed by atoms with E-state index in [2.05, 4.69) is 5.10 Å². The molecule has 2 aliphatic rings. The number of ketones is 1. The van der Waals surface area contributed by atoms with Gasteiger partial charge in [-0.2, -0.15) is 5.10 Å². The summed E-state index contributed by atoms with van der Waals surface area (Å²) in [5, 5.41) is 6.26. The van der Waals surface area contributed by atoms with Gasteiger partial charge in [-0.05, 0) is 48.5 Å². The van der Waals surface area contributed by atoms with Crippen LogP contribution in [0, 0.1) is 5.92 Å². The summed E-state index contributed by atoms with van der Waals surface area (Å²) < 4.78 is 5.12. The molecule has 2 aliphatic heterocycles. The SMILES string of the molecule is COc1ccc(N2C(=O)C3C(C(C)=O)=NN(c4ccc(Cl)cc4)C3C2=O)cc1. The van der Waals surface area contributed by atoms with Crippen molar-refractivity contribution in [3.63, 3.8) is 0 Å². The number of halogens is 1. The predicted octanol–water partition coefficient (Wildman–Crippen LogP) is 2.67. The number of nitrogens with zero attached hydrogens (tertiary/aromatic N) is 3. The summed E-state index contributed by atoms with van der Waals surface area (Å²) in [6, 6.07) is 12.4. The number of fused-ring (bicyclic) bond motifs is 1. The first-order chi connectivity index (χ1) is 13.4. The van der Waals surface area contributed by atoms with Gasteiger partial charge in [0, 0.05) is 11.9 Å². The van der Waals surface area contributed by atoms with Gasteiger partial charge in [-0.3, -0.25) is 19.4 Å². The summed E-state index contributed by atoms with van der Waals surface area (Å²) in [4.78, 5) is 39.5. The fraction of sp³-hybridized carbons (Fsp3) is 0.200. The van der Waals surface area contributed by atoms with E-state index in [1.54, 1.807) is 48.5 Å². The molecule has 0 aliphatic carbocycles. The Labute approximate surface area is 166 Å². The van der Waals surface area contributed by atoms with Gasteiger partial charge in [0.05, 0.1) is 18.5 Å². The van der Waals surface area contributed by atoms with Crippen LogP contribution in [0.5, 0.6) is 5.75 Å². The highest BCUT2D eigenvalue weighted by molar-refractivity contribution is 6.48. The Morgan fingerprint density at radius 1 is 1.00 bits per heavy atom. The number of carbonyl (C=O) groups is 3. The van der Waals surface area contributed by atoms with E-state index in [0.29, 0.717) is 22.1 Å². The maximum absolute atomic E-state index is 13.2. The minimum atomic E-state index is -0.942. The van der Waals surface area contributed by atoms with E-state index >= 15 is 0 Å². The maximum Gasteiger partial charge on any atom is 0.259 e. The smallest absolute Gasteiger partial charge is 0.259 e. The van der Waals surface area contributed by atoms with Crippen LogP contribution < -0.4 is 14.6 Å². The molecule has 4 rings (SSSR count). The van der Waals surface area contributed by atoms with Crippen LogP contribution in [0.1, 0.15) is 6.92 Å². The number of rotatable bonds is 4. The van der Waals surface area contributed by atoms with Gasteiger partial charge in [-0.15, -0.1) is 0 Å². The molecule has 7 nitrogen and oxygen atoms in total. The molecule has 2 atom stereocenters. The Balaban J connectivity index is 1.76. The second-order valence-corrected chi connectivity index (χ2v) is 6.93. The van der Waals surface area contributed by atoms with Crippen molar-refractivity contribution < 1.29 is 19.1 Å². The van der Waals surface area contributed by atoms with Crippen molar-refractivity contribution in [1.82, 2.24) is 0 Å². The third kappa shape index (κ3) is 2.75. The van der Waals surface area contributed by atoms with Crippen LogP contribution in [0.4, 0.5) is 11.4 Å². The van der Waals surface area contributed by atoms with Crippen molar-refractivity contribution in [2.45, 2.75) is 13.0 Å². The van der Waals surface area contributed by atoms with Crippen LogP contribution in [0.2, 0.25) is 5.02 Å². The minimum absolute atomic E-state index is 0.0781. The highest BCUT2D eigenvalue weighted by atomic mass is 35.5. The van der Waals surface area contributed by atoms with Crippen molar-refractivity contribution in [1.29, 1.82) is 0 Å². The van der Waals surface area contributed by atoms with Crippen LogP contribution in [-0.2, 0) is 14.4 Å². The monoisotopic (exact) mass is 397 g/mol. The second-order valence-electron chi connectivity index (χ2n) is 6.49. The molecule has 0 bridgehead atoms. The number of amides is 2. The maximum atomic E-state index is 13.2. The molecule has 0 saturated carbocycles. The van der Waals surface area contributed by atoms with Crippen LogP contribution in [0.15, 0.2) is 53.6 Å². The number of ether oxygens (including phenoxy) is 1. The van der Waals surface area contributed by atoms with E-state index in [1.165, 1.54) is 19.0 Å². The molecule has 1 saturated heterocycles. The molecule has 0 N–H and O–H groups in total. The zero-order valence-electron chi connectivity index (χ0n) is 15.1. The molecule has 1 fully saturated rings. The first-order valence-corrected chi connectivity index (χ1v) is 8.96. The molecule has 0 radical (unpaired) electrons. The van der Waals surface area contributed by atoms with E-state index < -0.39 is 23.8 Å². The first-order valence-electron chi connectivity index (χ1n) is 8.58. The van der Waals surface area contributed by atoms with Gasteiger partial charge in [0.25, 0.3) is 5.91 Å². The quantitative estimate of drug-likeness (QED) is 0.741. The van der Waals surface area contributed by atoms with Crippen molar-refractivity contribution in [3.8, 4) is 5.75 Å². The lowest BCUT2D eigenvalue weighted by molar-refractivity contribution is -0.122. The Bertz CT molecular complexity index is 1000. The van der Waals surface area contributed by atoms with Crippen molar-refractivity contribution >= 4 is 46.3 Å². The number of hydrogen-bond donors (Lipinski definition) is 0. The molecule has 2 aromatic rings. The average molecular weight is 398 g/mol. The normalized spacial score (nSPS) is 21.0. The lowest BCUT2D eigenvalue weighted by Gasteiger charge is -2.22. The van der Waals surface area contributed by atoms with Gasteiger partial charge < -0.3 is 4.74 Å². The second kappa shape index (κ2) is 6.76. The summed E-state index contributed by atoms with van der Waals surface area (Å²) >= 11 is 5.94. The largest absolute Gasteiger partial charge is 0.497 e. The number of benzene rings is 2. The molecule has 2 heterocycles. The minimum Gasteiger partial charge on any atom is -0.497 e. The standard InChI is InChI=1S/C20H16ClN3O4/c1-11(25)17-16-18(24(22-17)14-5-3-12(21)4-6-14)20(27)23(19(16)26)13-7-9-15(28-2)10-8-13/h3-10,16,18H,1-2H3. The Kier molecular flexibility index (Phi) is 4.39. The van der Waals surface area contributed by atoms with Gasteiger partial charge in [-0.25, -0.2) is 4.90 Å². The molecular formula is C20H16ClN3O4. The van der Waals surface area contributed by atoms with Crippen LogP contribution >= 0.6 is 11.6 Å². The Morgan fingerprint density at radius 2 is 1.61 bits per heavy atom. The third-order valence-corrected chi connectivity index (χ3v) is 5.08. The lowest BCUT2D eigenvalue weighted by Crippen LogP contribution is -2.39. The number of methoxy groups -OCH3 is 1. The number of Topliss-reactive ketones (excluding diaryl/α,β-unsaturated/α-hetero) is 1. The zero-order chi connectivity index (χ0) is 20.0. The van der Waals surface area contributed by atoms with Gasteiger partial charge >= 0.3 is 0 Å². The molecule has 142 valence electrons. The molecule has 2 aromatic carbocycles. The number of anilines is 2.